The highest BCUT2D eigenvalue weighted by Gasteiger charge is 2.53. The van der Waals surface area contributed by atoms with Crippen LogP contribution in [-0.4, -0.2) is 28.5 Å². The standard InChI is InChI=1S/C22H16BrNO5/c23-15-8-16(26)19-14(20(15)27)7-13-11(17(19)9-1-3-10(25)4-2-9)5-6-12-18(13)22(29)24-21(12)28/h1-5,8,12-13,17-18,25H,6-7H2,(H,24,28,29)/t12-,13+,17-,18-/m0/s1. The van der Waals surface area contributed by atoms with E-state index in [1.165, 1.54) is 18.2 Å². The van der Waals surface area contributed by atoms with E-state index in [-0.39, 0.29) is 46.0 Å². The Hall–Kier alpha value is -2.80. The molecule has 3 aliphatic carbocycles. The number of aromatic hydroxyl groups is 1. The van der Waals surface area contributed by atoms with Crippen molar-refractivity contribution in [2.24, 2.45) is 17.8 Å². The number of carbonyl (C=O) groups is 4. The lowest BCUT2D eigenvalue weighted by Gasteiger charge is -2.42. The molecular weight excluding hydrogens is 438 g/mol. The molecule has 4 aliphatic rings. The number of rotatable bonds is 1. The molecule has 2 amide bonds. The molecule has 0 radical (unpaired) electrons. The maximum absolute atomic E-state index is 12.9. The maximum Gasteiger partial charge on any atom is 0.231 e. The molecule has 6 nitrogen and oxygen atoms in total. The molecule has 0 spiro atoms. The van der Waals surface area contributed by atoms with Gasteiger partial charge in [0.05, 0.1) is 16.3 Å². The molecule has 1 heterocycles. The van der Waals surface area contributed by atoms with Crippen molar-refractivity contribution in [1.82, 2.24) is 5.32 Å². The highest BCUT2D eigenvalue weighted by atomic mass is 79.9. The van der Waals surface area contributed by atoms with Gasteiger partial charge in [-0.1, -0.05) is 23.8 Å². The van der Waals surface area contributed by atoms with Gasteiger partial charge >= 0.3 is 0 Å². The van der Waals surface area contributed by atoms with Crippen molar-refractivity contribution in [3.8, 4) is 5.75 Å². The third-order valence-electron chi connectivity index (χ3n) is 6.40. The number of ketones is 2. The van der Waals surface area contributed by atoms with Crippen LogP contribution in [0.25, 0.3) is 0 Å². The molecule has 0 saturated carbocycles. The number of hydrogen-bond acceptors (Lipinski definition) is 5. The zero-order valence-electron chi connectivity index (χ0n) is 15.1. The van der Waals surface area contributed by atoms with Crippen LogP contribution < -0.4 is 5.32 Å². The van der Waals surface area contributed by atoms with Gasteiger partial charge in [-0.2, -0.15) is 0 Å². The molecule has 29 heavy (non-hydrogen) atoms. The molecule has 0 unspecified atom stereocenters. The van der Waals surface area contributed by atoms with Gasteiger partial charge in [-0.25, -0.2) is 0 Å². The van der Waals surface area contributed by atoms with E-state index >= 15 is 0 Å². The van der Waals surface area contributed by atoms with E-state index in [4.69, 9.17) is 0 Å². The summed E-state index contributed by atoms with van der Waals surface area (Å²) >= 11 is 3.18. The first-order valence-corrected chi connectivity index (χ1v) is 10.2. The number of nitrogens with one attached hydrogen (secondary N) is 1. The minimum Gasteiger partial charge on any atom is -0.508 e. The first-order valence-electron chi connectivity index (χ1n) is 9.39. The average molecular weight is 454 g/mol. The number of Topliss-reactive ketones (excluding diaryl/α,β-unsaturated/α-hetero) is 1. The van der Waals surface area contributed by atoms with Gasteiger partial charge in [-0.3, -0.25) is 24.5 Å². The van der Waals surface area contributed by atoms with E-state index in [1.54, 1.807) is 12.1 Å². The van der Waals surface area contributed by atoms with Crippen molar-refractivity contribution in [3.05, 3.63) is 63.2 Å². The Balaban J connectivity index is 1.71. The minimum absolute atomic E-state index is 0.0995. The van der Waals surface area contributed by atoms with Crippen molar-refractivity contribution < 1.29 is 24.3 Å². The molecular formula is C22H16BrNO5. The van der Waals surface area contributed by atoms with Gasteiger partial charge in [0.25, 0.3) is 0 Å². The second-order valence-electron chi connectivity index (χ2n) is 7.84. The van der Waals surface area contributed by atoms with E-state index in [1.807, 2.05) is 6.08 Å². The van der Waals surface area contributed by atoms with Crippen LogP contribution in [0.3, 0.4) is 0 Å². The van der Waals surface area contributed by atoms with Crippen LogP contribution in [0.2, 0.25) is 0 Å². The van der Waals surface area contributed by atoms with E-state index in [0.29, 0.717) is 17.6 Å². The van der Waals surface area contributed by atoms with Crippen LogP contribution in [0.1, 0.15) is 24.3 Å². The summed E-state index contributed by atoms with van der Waals surface area (Å²) in [6, 6.07) is 6.53. The number of hydrogen-bond donors (Lipinski definition) is 2. The molecule has 1 saturated heterocycles. The number of phenols is 1. The monoisotopic (exact) mass is 453 g/mol. The predicted octanol–water partition coefficient (Wildman–Crippen LogP) is 2.44. The molecule has 5 rings (SSSR count). The smallest absolute Gasteiger partial charge is 0.231 e. The van der Waals surface area contributed by atoms with Gasteiger partial charge in [0.15, 0.2) is 11.6 Å². The quantitative estimate of drug-likeness (QED) is 0.386. The first-order chi connectivity index (χ1) is 13.9. The Morgan fingerprint density at radius 3 is 2.45 bits per heavy atom. The zero-order chi connectivity index (χ0) is 20.4. The Morgan fingerprint density at radius 1 is 1.00 bits per heavy atom. The summed E-state index contributed by atoms with van der Waals surface area (Å²) in [5.41, 5.74) is 2.49. The third kappa shape index (κ3) is 2.60. The van der Waals surface area contributed by atoms with E-state index in [9.17, 15) is 24.3 Å². The van der Waals surface area contributed by atoms with E-state index in [0.717, 1.165) is 11.1 Å². The van der Waals surface area contributed by atoms with Crippen LogP contribution in [0.15, 0.2) is 57.6 Å². The molecule has 146 valence electrons. The van der Waals surface area contributed by atoms with Crippen molar-refractivity contribution >= 4 is 39.3 Å². The Bertz CT molecular complexity index is 1090. The first kappa shape index (κ1) is 18.2. The van der Waals surface area contributed by atoms with Gasteiger partial charge in [0, 0.05) is 23.1 Å². The largest absolute Gasteiger partial charge is 0.508 e. The molecule has 7 heteroatoms. The summed E-state index contributed by atoms with van der Waals surface area (Å²) in [5.74, 6) is -2.77. The summed E-state index contributed by atoms with van der Waals surface area (Å²) in [4.78, 5) is 50.6. The van der Waals surface area contributed by atoms with Crippen molar-refractivity contribution in [2.45, 2.75) is 18.8 Å². The fourth-order valence-electron chi connectivity index (χ4n) is 5.16. The Labute approximate surface area is 174 Å². The molecule has 2 N–H and O–H groups in total. The number of benzene rings is 1. The fraction of sp³-hybridized carbons (Fsp3) is 0.273. The molecule has 1 fully saturated rings. The number of carbonyl (C=O) groups excluding carboxylic acids is 4. The highest BCUT2D eigenvalue weighted by Crippen LogP contribution is 2.54. The van der Waals surface area contributed by atoms with Gasteiger partial charge in [-0.05, 0) is 52.4 Å². The number of allylic oxidation sites excluding steroid dienone is 6. The molecule has 4 atom stereocenters. The van der Waals surface area contributed by atoms with Crippen LogP contribution >= 0.6 is 15.9 Å². The predicted molar refractivity (Wildman–Crippen MR) is 106 cm³/mol. The van der Waals surface area contributed by atoms with Crippen LogP contribution in [-0.2, 0) is 19.2 Å². The lowest BCUT2D eigenvalue weighted by atomic mass is 9.59. The van der Waals surface area contributed by atoms with Crippen molar-refractivity contribution in [3.63, 3.8) is 0 Å². The molecule has 1 aromatic carbocycles. The van der Waals surface area contributed by atoms with Crippen LogP contribution in [0.5, 0.6) is 5.75 Å². The minimum atomic E-state index is -0.538. The van der Waals surface area contributed by atoms with Crippen LogP contribution in [0, 0.1) is 17.8 Å². The Morgan fingerprint density at radius 2 is 1.72 bits per heavy atom. The second kappa shape index (κ2) is 6.35. The van der Waals surface area contributed by atoms with Crippen molar-refractivity contribution in [2.75, 3.05) is 0 Å². The molecule has 0 bridgehead atoms. The summed E-state index contributed by atoms with van der Waals surface area (Å²) in [5, 5.41) is 12.1. The summed E-state index contributed by atoms with van der Waals surface area (Å²) in [6.07, 6.45) is 3.93. The summed E-state index contributed by atoms with van der Waals surface area (Å²) < 4.78 is 0.206. The third-order valence-corrected chi connectivity index (χ3v) is 6.99. The molecule has 1 aromatic rings. The topological polar surface area (TPSA) is 101 Å². The number of imide groups is 1. The van der Waals surface area contributed by atoms with E-state index in [2.05, 4.69) is 21.2 Å². The number of amides is 2. The van der Waals surface area contributed by atoms with Gasteiger partial charge in [0.2, 0.25) is 11.8 Å². The molecule has 1 aliphatic heterocycles. The number of phenolic OH excluding ortho intramolecular Hbond substituents is 1. The van der Waals surface area contributed by atoms with Crippen LogP contribution in [0.4, 0.5) is 0 Å². The summed E-state index contributed by atoms with van der Waals surface area (Å²) in [6.45, 7) is 0. The number of fused-ring (bicyclic) bond motifs is 3. The summed E-state index contributed by atoms with van der Waals surface area (Å²) in [7, 11) is 0. The second-order valence-corrected chi connectivity index (χ2v) is 8.69. The van der Waals surface area contributed by atoms with Crippen molar-refractivity contribution in [1.29, 1.82) is 0 Å². The maximum atomic E-state index is 12.9. The average Bonchev–Trinajstić information content (AvgIpc) is 2.99. The lowest BCUT2D eigenvalue weighted by Crippen LogP contribution is -2.39. The zero-order valence-corrected chi connectivity index (χ0v) is 16.7. The lowest BCUT2D eigenvalue weighted by molar-refractivity contribution is -0.126. The normalized spacial score (nSPS) is 30.9. The van der Waals surface area contributed by atoms with E-state index < -0.39 is 17.8 Å². The SMILES string of the molecule is O=C1C=C(Br)C(=O)C2=C1[C@@H](c1ccc(O)cc1)C1=CC[C@@H]3C(=O)NC(=O)[C@@H]3[C@@H]1C2. The van der Waals surface area contributed by atoms with Gasteiger partial charge < -0.3 is 5.11 Å². The Kier molecular flexibility index (Phi) is 4.00. The van der Waals surface area contributed by atoms with Gasteiger partial charge in [0.1, 0.15) is 5.75 Å². The highest BCUT2D eigenvalue weighted by molar-refractivity contribution is 9.12. The number of halogens is 1. The van der Waals surface area contributed by atoms with Gasteiger partial charge in [-0.15, -0.1) is 0 Å². The fourth-order valence-corrected chi connectivity index (χ4v) is 5.61. The molecule has 0 aromatic heterocycles.